The van der Waals surface area contributed by atoms with Gasteiger partial charge in [-0.2, -0.15) is 0 Å². The molecule has 0 aliphatic rings. The summed E-state index contributed by atoms with van der Waals surface area (Å²) in [6, 6.07) is 0. The summed E-state index contributed by atoms with van der Waals surface area (Å²) in [6.45, 7) is 0. The highest BCUT2D eigenvalue weighted by atomic mass is 35.5. The molecule has 0 saturated heterocycles. The van der Waals surface area contributed by atoms with E-state index in [1.54, 1.807) is 0 Å². The monoisotopic (exact) mass is 217 g/mol. The Hall–Kier alpha value is -1.49. The van der Waals surface area contributed by atoms with Gasteiger partial charge < -0.3 is 14.6 Å². The van der Waals surface area contributed by atoms with Crippen LogP contribution < -0.4 is 9.47 Å². The average molecular weight is 218 g/mol. The largest absolute Gasteiger partial charge is 0.491 e. The molecule has 1 aromatic heterocycles. The number of hydrogen-bond acceptors (Lipinski definition) is 4. The first-order chi connectivity index (χ1) is 6.61. The van der Waals surface area contributed by atoms with Gasteiger partial charge in [0, 0.05) is 0 Å². The summed E-state index contributed by atoms with van der Waals surface area (Å²) in [5, 5.41) is 8.97. The van der Waals surface area contributed by atoms with Crippen LogP contribution in [0.1, 0.15) is 10.5 Å². The highest BCUT2D eigenvalue weighted by Crippen LogP contribution is 2.36. The molecule has 0 amide bonds. The number of aromatic nitrogens is 1. The van der Waals surface area contributed by atoms with Crippen LogP contribution in [0.5, 0.6) is 11.5 Å². The van der Waals surface area contributed by atoms with Crippen molar-refractivity contribution in [3.63, 3.8) is 0 Å². The Morgan fingerprint density at radius 1 is 1.43 bits per heavy atom. The van der Waals surface area contributed by atoms with Crippen LogP contribution >= 0.6 is 11.6 Å². The zero-order chi connectivity index (χ0) is 10.7. The summed E-state index contributed by atoms with van der Waals surface area (Å²) in [7, 11) is 2.69. The second kappa shape index (κ2) is 4.15. The van der Waals surface area contributed by atoms with Crippen molar-refractivity contribution in [1.29, 1.82) is 0 Å². The molecular weight excluding hydrogens is 210 g/mol. The van der Waals surface area contributed by atoms with Gasteiger partial charge in [0.05, 0.1) is 20.4 Å². The molecule has 1 N–H and O–H groups in total. The molecule has 0 fully saturated rings. The maximum atomic E-state index is 10.7. The summed E-state index contributed by atoms with van der Waals surface area (Å²) in [5.74, 6) is -1.01. The number of halogens is 1. The van der Waals surface area contributed by atoms with Crippen molar-refractivity contribution in [3.05, 3.63) is 16.9 Å². The van der Waals surface area contributed by atoms with Crippen molar-refractivity contribution >= 4 is 17.6 Å². The first-order valence-corrected chi connectivity index (χ1v) is 3.99. The van der Waals surface area contributed by atoms with Gasteiger partial charge in [-0.15, -0.1) is 0 Å². The molecule has 0 spiro atoms. The molecule has 0 radical (unpaired) electrons. The Morgan fingerprint density at radius 3 is 2.43 bits per heavy atom. The highest BCUT2D eigenvalue weighted by molar-refractivity contribution is 6.32. The Morgan fingerprint density at radius 2 is 2.00 bits per heavy atom. The third kappa shape index (κ3) is 1.72. The number of ether oxygens (including phenoxy) is 2. The van der Waals surface area contributed by atoms with Gasteiger partial charge in [0.25, 0.3) is 0 Å². The molecule has 1 heterocycles. The molecule has 0 saturated carbocycles. The predicted octanol–water partition coefficient (Wildman–Crippen LogP) is 1.45. The zero-order valence-electron chi connectivity index (χ0n) is 7.57. The van der Waals surface area contributed by atoms with E-state index in [1.807, 2.05) is 0 Å². The van der Waals surface area contributed by atoms with Crippen LogP contribution in [0, 0.1) is 0 Å². The van der Waals surface area contributed by atoms with Gasteiger partial charge in [0.15, 0.2) is 17.2 Å². The van der Waals surface area contributed by atoms with Gasteiger partial charge in [0.2, 0.25) is 0 Å². The van der Waals surface area contributed by atoms with Crippen molar-refractivity contribution in [3.8, 4) is 11.5 Å². The van der Waals surface area contributed by atoms with E-state index >= 15 is 0 Å². The molecule has 1 rings (SSSR count). The molecule has 6 heteroatoms. The first-order valence-electron chi connectivity index (χ1n) is 3.61. The number of carboxylic acid groups (broad SMARTS) is 1. The summed E-state index contributed by atoms with van der Waals surface area (Å²) in [5.41, 5.74) is -0.228. The van der Waals surface area contributed by atoms with Gasteiger partial charge in [-0.1, -0.05) is 11.6 Å². The van der Waals surface area contributed by atoms with Crippen LogP contribution in [-0.2, 0) is 0 Å². The standard InChI is InChI=1S/C8H8ClNO4/c1-13-6-4(9)3-10-5(8(11)12)7(6)14-2/h3H,1-2H3,(H,11,12). The Labute approximate surface area is 85.2 Å². The molecule has 0 bridgehead atoms. The summed E-state index contributed by atoms with van der Waals surface area (Å²) in [4.78, 5) is 14.3. The molecule has 1 aromatic rings. The maximum absolute atomic E-state index is 10.7. The van der Waals surface area contributed by atoms with Crippen LogP contribution in [0.15, 0.2) is 6.20 Å². The number of methoxy groups -OCH3 is 2. The summed E-state index contributed by atoms with van der Waals surface area (Å²) >= 11 is 5.72. The number of carbonyl (C=O) groups is 1. The molecule has 76 valence electrons. The minimum atomic E-state index is -1.20. The lowest BCUT2D eigenvalue weighted by Crippen LogP contribution is -2.05. The minimum Gasteiger partial charge on any atom is -0.491 e. The normalized spacial score (nSPS) is 9.64. The molecule has 0 atom stereocenters. The molecule has 0 unspecified atom stereocenters. The Balaban J connectivity index is 3.40. The van der Waals surface area contributed by atoms with Crippen molar-refractivity contribution in [2.75, 3.05) is 14.2 Å². The minimum absolute atomic E-state index is 0.0208. The number of rotatable bonds is 3. The van der Waals surface area contributed by atoms with E-state index in [-0.39, 0.29) is 22.2 Å². The van der Waals surface area contributed by atoms with E-state index < -0.39 is 5.97 Å². The maximum Gasteiger partial charge on any atom is 0.358 e. The van der Waals surface area contributed by atoms with E-state index in [1.165, 1.54) is 20.4 Å². The number of pyridine rings is 1. The Kier molecular flexibility index (Phi) is 3.14. The van der Waals surface area contributed by atoms with Gasteiger partial charge in [0.1, 0.15) is 5.02 Å². The van der Waals surface area contributed by atoms with E-state index in [2.05, 4.69) is 4.98 Å². The van der Waals surface area contributed by atoms with Crippen molar-refractivity contribution in [1.82, 2.24) is 4.98 Å². The van der Waals surface area contributed by atoms with E-state index in [0.29, 0.717) is 0 Å². The van der Waals surface area contributed by atoms with Crippen LogP contribution in [0.25, 0.3) is 0 Å². The molecule has 5 nitrogen and oxygen atoms in total. The summed E-state index contributed by atoms with van der Waals surface area (Å²) in [6.07, 6.45) is 1.20. The fourth-order valence-corrected chi connectivity index (χ4v) is 1.20. The van der Waals surface area contributed by atoms with Crippen LogP contribution in [0.2, 0.25) is 5.02 Å². The lowest BCUT2D eigenvalue weighted by atomic mass is 10.3. The van der Waals surface area contributed by atoms with E-state index in [4.69, 9.17) is 26.2 Å². The number of nitrogens with zero attached hydrogens (tertiary/aromatic N) is 1. The van der Waals surface area contributed by atoms with E-state index in [9.17, 15) is 4.79 Å². The number of carboxylic acids is 1. The smallest absolute Gasteiger partial charge is 0.358 e. The second-order valence-electron chi connectivity index (χ2n) is 2.33. The quantitative estimate of drug-likeness (QED) is 0.830. The average Bonchev–Trinajstić information content (AvgIpc) is 2.16. The fraction of sp³-hybridized carbons (Fsp3) is 0.250. The Bertz CT molecular complexity index is 367. The predicted molar refractivity (Wildman–Crippen MR) is 49.3 cm³/mol. The summed E-state index contributed by atoms with van der Waals surface area (Å²) < 4.78 is 9.75. The lowest BCUT2D eigenvalue weighted by molar-refractivity contribution is 0.0685. The molecule has 14 heavy (non-hydrogen) atoms. The van der Waals surface area contributed by atoms with E-state index in [0.717, 1.165) is 0 Å². The van der Waals surface area contributed by atoms with Gasteiger partial charge in [-0.25, -0.2) is 9.78 Å². The van der Waals surface area contributed by atoms with Crippen LogP contribution in [0.3, 0.4) is 0 Å². The molecular formula is C8H8ClNO4. The highest BCUT2D eigenvalue weighted by Gasteiger charge is 2.20. The van der Waals surface area contributed by atoms with Gasteiger partial charge in [-0.3, -0.25) is 0 Å². The van der Waals surface area contributed by atoms with Crippen LogP contribution in [-0.4, -0.2) is 30.3 Å². The number of aromatic carboxylic acids is 1. The lowest BCUT2D eigenvalue weighted by Gasteiger charge is -2.10. The fourth-order valence-electron chi connectivity index (χ4n) is 0.986. The molecule has 0 aliphatic heterocycles. The second-order valence-corrected chi connectivity index (χ2v) is 2.73. The number of hydrogen-bond donors (Lipinski definition) is 1. The van der Waals surface area contributed by atoms with Crippen LogP contribution in [0.4, 0.5) is 0 Å². The van der Waals surface area contributed by atoms with Crippen molar-refractivity contribution in [2.24, 2.45) is 0 Å². The van der Waals surface area contributed by atoms with Crippen molar-refractivity contribution in [2.45, 2.75) is 0 Å². The first kappa shape index (κ1) is 10.6. The SMILES string of the molecule is COc1c(Cl)cnc(C(=O)O)c1OC. The zero-order valence-corrected chi connectivity index (χ0v) is 8.33. The molecule has 0 aromatic carbocycles. The van der Waals surface area contributed by atoms with Crippen molar-refractivity contribution < 1.29 is 19.4 Å². The van der Waals surface area contributed by atoms with Gasteiger partial charge in [-0.05, 0) is 0 Å². The van der Waals surface area contributed by atoms with Gasteiger partial charge >= 0.3 is 5.97 Å². The third-order valence-electron chi connectivity index (χ3n) is 1.56. The topological polar surface area (TPSA) is 68.7 Å². The third-order valence-corrected chi connectivity index (χ3v) is 1.83. The molecule has 0 aliphatic carbocycles.